The number of aromatic nitrogens is 2. The number of benzene rings is 1. The molecule has 0 saturated carbocycles. The summed E-state index contributed by atoms with van der Waals surface area (Å²) in [6.07, 6.45) is 5.53. The highest BCUT2D eigenvalue weighted by atomic mass is 16.6. The second-order valence-electron chi connectivity index (χ2n) is 6.37. The molecule has 25 heavy (non-hydrogen) atoms. The molecule has 0 radical (unpaired) electrons. The van der Waals surface area contributed by atoms with Crippen molar-refractivity contribution in [2.75, 3.05) is 16.8 Å². The number of aryl methyl sites for hydroxylation is 1. The van der Waals surface area contributed by atoms with Crippen LogP contribution in [-0.4, -0.2) is 27.5 Å². The van der Waals surface area contributed by atoms with Gasteiger partial charge in [0.25, 0.3) is 0 Å². The third-order valence-electron chi connectivity index (χ3n) is 4.69. The molecule has 1 fully saturated rings. The number of anilines is 3. The molecule has 7 heteroatoms. The highest BCUT2D eigenvalue weighted by molar-refractivity contribution is 5.74. The van der Waals surface area contributed by atoms with E-state index in [0.29, 0.717) is 5.82 Å². The first-order chi connectivity index (χ1) is 12.1. The fourth-order valence-electron chi connectivity index (χ4n) is 3.21. The minimum Gasteiger partial charge on any atom is -0.348 e. The molecule has 7 nitrogen and oxygen atoms in total. The second kappa shape index (κ2) is 7.46. The minimum absolute atomic E-state index is 0.0594. The molecule has 132 valence electrons. The van der Waals surface area contributed by atoms with Crippen molar-refractivity contribution in [1.82, 2.24) is 9.97 Å². The first-order valence-electron chi connectivity index (χ1n) is 8.72. The Morgan fingerprint density at radius 1 is 1.28 bits per heavy atom. The molecular formula is C18H23N5O2. The predicted octanol–water partition coefficient (Wildman–Crippen LogP) is 4.07. The van der Waals surface area contributed by atoms with E-state index in [-0.39, 0.29) is 22.5 Å². The van der Waals surface area contributed by atoms with Crippen molar-refractivity contribution in [2.24, 2.45) is 0 Å². The number of hydrogen-bond donors (Lipinski definition) is 1. The Morgan fingerprint density at radius 2 is 2.04 bits per heavy atom. The zero-order chi connectivity index (χ0) is 17.8. The maximum atomic E-state index is 11.7. The lowest BCUT2D eigenvalue weighted by Gasteiger charge is -2.33. The molecule has 1 aromatic carbocycles. The highest BCUT2D eigenvalue weighted by Gasteiger charge is 2.30. The Labute approximate surface area is 147 Å². The van der Waals surface area contributed by atoms with Gasteiger partial charge in [0.15, 0.2) is 0 Å². The van der Waals surface area contributed by atoms with Crippen molar-refractivity contribution >= 4 is 23.0 Å². The lowest BCUT2D eigenvalue weighted by Crippen LogP contribution is -2.38. The van der Waals surface area contributed by atoms with Crippen LogP contribution in [-0.2, 0) is 6.42 Å². The molecule has 0 amide bonds. The molecule has 2 heterocycles. The number of nitro groups is 1. The van der Waals surface area contributed by atoms with Gasteiger partial charge in [-0.05, 0) is 50.3 Å². The van der Waals surface area contributed by atoms with Crippen molar-refractivity contribution in [2.45, 2.75) is 45.6 Å². The summed E-state index contributed by atoms with van der Waals surface area (Å²) in [7, 11) is 0. The van der Waals surface area contributed by atoms with E-state index < -0.39 is 0 Å². The van der Waals surface area contributed by atoms with Gasteiger partial charge in [-0.3, -0.25) is 10.1 Å². The van der Waals surface area contributed by atoms with Gasteiger partial charge >= 0.3 is 5.69 Å². The van der Waals surface area contributed by atoms with Gasteiger partial charge in [-0.2, -0.15) is 0 Å². The van der Waals surface area contributed by atoms with E-state index in [1.807, 2.05) is 29.2 Å². The molecule has 0 bridgehead atoms. The lowest BCUT2D eigenvalue weighted by molar-refractivity contribution is -0.383. The lowest BCUT2D eigenvalue weighted by atomic mass is 10.0. The SMILES string of the molecule is CCc1ccc(Nc2ncnc(N3CCCCC3C)c2[N+](=O)[O-])cc1. The van der Waals surface area contributed by atoms with Gasteiger partial charge in [0.1, 0.15) is 6.33 Å². The van der Waals surface area contributed by atoms with E-state index in [2.05, 4.69) is 29.1 Å². The summed E-state index contributed by atoms with van der Waals surface area (Å²) in [5, 5.41) is 14.8. The van der Waals surface area contributed by atoms with Crippen LogP contribution in [0, 0.1) is 10.1 Å². The van der Waals surface area contributed by atoms with E-state index in [0.717, 1.165) is 37.9 Å². The van der Waals surface area contributed by atoms with Gasteiger partial charge < -0.3 is 10.2 Å². The first-order valence-corrected chi connectivity index (χ1v) is 8.72. The summed E-state index contributed by atoms with van der Waals surface area (Å²) >= 11 is 0. The molecule has 0 aliphatic carbocycles. The minimum atomic E-state index is -0.389. The van der Waals surface area contributed by atoms with Crippen LogP contribution in [0.4, 0.5) is 23.0 Å². The molecule has 1 N–H and O–H groups in total. The molecule has 1 aliphatic heterocycles. The maximum absolute atomic E-state index is 11.7. The van der Waals surface area contributed by atoms with Gasteiger partial charge in [-0.15, -0.1) is 0 Å². The van der Waals surface area contributed by atoms with Gasteiger partial charge in [0.05, 0.1) is 4.92 Å². The molecule has 1 atom stereocenters. The molecule has 2 aromatic rings. The van der Waals surface area contributed by atoms with E-state index in [4.69, 9.17) is 0 Å². The molecule has 3 rings (SSSR count). The second-order valence-corrected chi connectivity index (χ2v) is 6.37. The summed E-state index contributed by atoms with van der Waals surface area (Å²) in [5.74, 6) is 0.636. The predicted molar refractivity (Wildman–Crippen MR) is 98.4 cm³/mol. The summed E-state index contributed by atoms with van der Waals surface area (Å²) in [6, 6.07) is 8.06. The monoisotopic (exact) mass is 341 g/mol. The van der Waals surface area contributed by atoms with E-state index >= 15 is 0 Å². The van der Waals surface area contributed by atoms with E-state index in [9.17, 15) is 10.1 Å². The van der Waals surface area contributed by atoms with Gasteiger partial charge in [0.2, 0.25) is 11.6 Å². The van der Waals surface area contributed by atoms with Crippen LogP contribution < -0.4 is 10.2 Å². The Morgan fingerprint density at radius 3 is 2.68 bits per heavy atom. The zero-order valence-electron chi connectivity index (χ0n) is 14.6. The van der Waals surface area contributed by atoms with Crippen LogP contribution in [0.5, 0.6) is 0 Å². The number of hydrogen-bond acceptors (Lipinski definition) is 6. The van der Waals surface area contributed by atoms with Crippen LogP contribution in [0.15, 0.2) is 30.6 Å². The third kappa shape index (κ3) is 3.70. The Kier molecular flexibility index (Phi) is 5.11. The van der Waals surface area contributed by atoms with Crippen LogP contribution in [0.2, 0.25) is 0 Å². The summed E-state index contributed by atoms with van der Waals surface area (Å²) < 4.78 is 0. The van der Waals surface area contributed by atoms with Crippen molar-refractivity contribution in [1.29, 1.82) is 0 Å². The number of nitrogens with zero attached hydrogens (tertiary/aromatic N) is 4. The molecule has 1 saturated heterocycles. The zero-order valence-corrected chi connectivity index (χ0v) is 14.6. The molecule has 1 aliphatic rings. The molecule has 1 aromatic heterocycles. The number of nitrogens with one attached hydrogen (secondary N) is 1. The van der Waals surface area contributed by atoms with Crippen LogP contribution in [0.25, 0.3) is 0 Å². The molecule has 0 spiro atoms. The fourth-order valence-corrected chi connectivity index (χ4v) is 3.21. The molecular weight excluding hydrogens is 318 g/mol. The van der Waals surface area contributed by atoms with Crippen molar-refractivity contribution < 1.29 is 4.92 Å². The average Bonchev–Trinajstić information content (AvgIpc) is 2.62. The highest BCUT2D eigenvalue weighted by Crippen LogP contribution is 2.36. The van der Waals surface area contributed by atoms with Crippen LogP contribution in [0.3, 0.4) is 0 Å². The van der Waals surface area contributed by atoms with Gasteiger partial charge in [-0.1, -0.05) is 19.1 Å². The third-order valence-corrected chi connectivity index (χ3v) is 4.69. The van der Waals surface area contributed by atoms with Crippen LogP contribution in [0.1, 0.15) is 38.7 Å². The fraction of sp³-hybridized carbons (Fsp3) is 0.444. The standard InChI is InChI=1S/C18H23N5O2/c1-3-14-7-9-15(10-8-14)21-17-16(23(24)25)18(20-12-19-17)22-11-5-4-6-13(22)2/h7-10,12-13H,3-6,11H2,1-2H3,(H,19,20,21). The first kappa shape index (κ1) is 17.1. The van der Waals surface area contributed by atoms with Gasteiger partial charge in [0, 0.05) is 18.3 Å². The normalized spacial score (nSPS) is 17.4. The maximum Gasteiger partial charge on any atom is 0.353 e. The van der Waals surface area contributed by atoms with E-state index in [1.54, 1.807) is 0 Å². The average molecular weight is 341 g/mol. The Bertz CT molecular complexity index is 748. The van der Waals surface area contributed by atoms with Crippen molar-refractivity contribution in [3.05, 3.63) is 46.3 Å². The van der Waals surface area contributed by atoms with E-state index in [1.165, 1.54) is 11.9 Å². The Hall–Kier alpha value is -2.70. The molecule has 1 unspecified atom stereocenters. The smallest absolute Gasteiger partial charge is 0.348 e. The quantitative estimate of drug-likeness (QED) is 0.652. The largest absolute Gasteiger partial charge is 0.353 e. The summed E-state index contributed by atoms with van der Waals surface area (Å²) in [6.45, 7) is 4.95. The van der Waals surface area contributed by atoms with Crippen LogP contribution >= 0.6 is 0 Å². The summed E-state index contributed by atoms with van der Waals surface area (Å²) in [4.78, 5) is 21.7. The number of piperidine rings is 1. The Balaban J connectivity index is 1.95. The summed E-state index contributed by atoms with van der Waals surface area (Å²) in [5.41, 5.74) is 1.93. The van der Waals surface area contributed by atoms with Crippen molar-refractivity contribution in [3.8, 4) is 0 Å². The van der Waals surface area contributed by atoms with Gasteiger partial charge in [-0.25, -0.2) is 9.97 Å². The van der Waals surface area contributed by atoms with Crippen molar-refractivity contribution in [3.63, 3.8) is 0 Å². The number of rotatable bonds is 5. The topological polar surface area (TPSA) is 84.2 Å².